The topological polar surface area (TPSA) is 55.4 Å². The Bertz CT molecular complexity index is 462. The number of hydrogen-bond acceptors (Lipinski definition) is 4. The number of carbonyl (C=O) groups excluding carboxylic acids is 2. The van der Waals surface area contributed by atoms with Gasteiger partial charge in [0, 0.05) is 4.88 Å². The second-order valence-corrected chi connectivity index (χ2v) is 7.49. The molecule has 0 aromatic carbocycles. The summed E-state index contributed by atoms with van der Waals surface area (Å²) in [6.45, 7) is 7.42. The molecular formula is C12H16BrNO3S. The minimum atomic E-state index is -0.684. The number of nitrogens with one attached hydrogen (secondary N) is 1. The molecule has 100 valence electrons. The molecule has 0 unspecified atom stereocenters. The van der Waals surface area contributed by atoms with E-state index in [1.165, 1.54) is 11.3 Å². The highest BCUT2D eigenvalue weighted by molar-refractivity contribution is 9.10. The van der Waals surface area contributed by atoms with Crippen LogP contribution in [0.5, 0.6) is 0 Å². The van der Waals surface area contributed by atoms with E-state index in [-0.39, 0.29) is 5.91 Å². The number of hydrogen-bond donors (Lipinski definition) is 1. The van der Waals surface area contributed by atoms with E-state index in [9.17, 15) is 9.59 Å². The van der Waals surface area contributed by atoms with Crippen molar-refractivity contribution in [3.05, 3.63) is 16.5 Å². The number of anilines is 1. The summed E-state index contributed by atoms with van der Waals surface area (Å²) in [7, 11) is 0. The summed E-state index contributed by atoms with van der Waals surface area (Å²) in [5.74, 6) is -0.612. The Morgan fingerprint density at radius 1 is 1.50 bits per heavy atom. The summed E-state index contributed by atoms with van der Waals surface area (Å²) in [6, 6.07) is 1.72. The minimum absolute atomic E-state index is 0.199. The lowest BCUT2D eigenvalue weighted by molar-refractivity contribution is -0.117. The average Bonchev–Trinajstić information content (AvgIpc) is 2.58. The second-order valence-electron chi connectivity index (χ2n) is 4.25. The third-order valence-corrected chi connectivity index (χ3v) is 3.44. The van der Waals surface area contributed by atoms with Crippen LogP contribution in [-0.4, -0.2) is 22.8 Å². The number of halogens is 1. The van der Waals surface area contributed by atoms with Gasteiger partial charge in [0.25, 0.3) is 0 Å². The summed E-state index contributed by atoms with van der Waals surface area (Å²) in [4.78, 5) is 24.5. The molecule has 0 aliphatic carbocycles. The van der Waals surface area contributed by atoms with E-state index in [1.54, 1.807) is 26.8 Å². The maximum absolute atomic E-state index is 11.9. The zero-order valence-corrected chi connectivity index (χ0v) is 13.2. The number of esters is 1. The lowest BCUT2D eigenvalue weighted by Crippen LogP contribution is -2.31. The quantitative estimate of drug-likeness (QED) is 0.679. The van der Waals surface area contributed by atoms with Crippen molar-refractivity contribution < 1.29 is 14.3 Å². The first kappa shape index (κ1) is 15.2. The predicted molar refractivity (Wildman–Crippen MR) is 76.6 cm³/mol. The van der Waals surface area contributed by atoms with Gasteiger partial charge in [0.05, 0.1) is 16.5 Å². The monoisotopic (exact) mass is 333 g/mol. The molecule has 0 saturated heterocycles. The zero-order valence-electron chi connectivity index (χ0n) is 10.8. The zero-order chi connectivity index (χ0) is 13.9. The smallest absolute Gasteiger partial charge is 0.341 e. The van der Waals surface area contributed by atoms with Crippen LogP contribution >= 0.6 is 27.3 Å². The second kappa shape index (κ2) is 5.84. The molecule has 0 aliphatic heterocycles. The van der Waals surface area contributed by atoms with Gasteiger partial charge in [-0.15, -0.1) is 11.3 Å². The molecule has 1 heterocycles. The van der Waals surface area contributed by atoms with Crippen LogP contribution in [-0.2, 0) is 9.53 Å². The van der Waals surface area contributed by atoms with Gasteiger partial charge in [-0.05, 0) is 33.8 Å². The van der Waals surface area contributed by atoms with Gasteiger partial charge < -0.3 is 10.1 Å². The van der Waals surface area contributed by atoms with Crippen molar-refractivity contribution in [1.82, 2.24) is 0 Å². The Labute approximate surface area is 119 Å². The van der Waals surface area contributed by atoms with E-state index in [1.807, 2.05) is 6.92 Å². The molecule has 1 aromatic rings. The van der Waals surface area contributed by atoms with Crippen LogP contribution in [0.15, 0.2) is 6.07 Å². The van der Waals surface area contributed by atoms with Crippen LogP contribution in [0.25, 0.3) is 0 Å². The number of ether oxygens (including phenoxy) is 1. The van der Waals surface area contributed by atoms with Crippen molar-refractivity contribution in [1.29, 1.82) is 0 Å². The van der Waals surface area contributed by atoms with Crippen LogP contribution in [0.4, 0.5) is 5.00 Å². The predicted octanol–water partition coefficient (Wildman–Crippen LogP) is 3.35. The maximum Gasteiger partial charge on any atom is 0.341 e. The highest BCUT2D eigenvalue weighted by Gasteiger charge is 2.26. The van der Waals surface area contributed by atoms with Crippen LogP contribution in [0.3, 0.4) is 0 Å². The molecule has 6 heteroatoms. The van der Waals surface area contributed by atoms with E-state index in [0.29, 0.717) is 17.2 Å². The fourth-order valence-electron chi connectivity index (χ4n) is 1.22. The van der Waals surface area contributed by atoms with Gasteiger partial charge >= 0.3 is 5.97 Å². The summed E-state index contributed by atoms with van der Waals surface area (Å²) in [6.07, 6.45) is 0. The van der Waals surface area contributed by atoms with E-state index >= 15 is 0 Å². The Morgan fingerprint density at radius 3 is 2.61 bits per heavy atom. The summed E-state index contributed by atoms with van der Waals surface area (Å²) in [5, 5.41) is 3.27. The Morgan fingerprint density at radius 2 is 2.11 bits per heavy atom. The normalized spacial score (nSPS) is 11.2. The first-order chi connectivity index (χ1) is 8.25. The number of rotatable bonds is 4. The summed E-state index contributed by atoms with van der Waals surface area (Å²) in [5.41, 5.74) is 0.407. The SMILES string of the molecule is CCOC(=O)c1cc(C)sc1NC(=O)C(C)(C)Br. The van der Waals surface area contributed by atoms with Gasteiger partial charge in [0.1, 0.15) is 5.00 Å². The molecule has 0 aliphatic rings. The first-order valence-electron chi connectivity index (χ1n) is 5.53. The van der Waals surface area contributed by atoms with Crippen molar-refractivity contribution in [3.63, 3.8) is 0 Å². The van der Waals surface area contributed by atoms with Gasteiger partial charge in [-0.1, -0.05) is 15.9 Å². The largest absolute Gasteiger partial charge is 0.462 e. The number of amides is 1. The van der Waals surface area contributed by atoms with Gasteiger partial charge in [-0.25, -0.2) is 4.79 Å². The summed E-state index contributed by atoms with van der Waals surface area (Å²) < 4.78 is 4.27. The molecule has 1 rings (SSSR count). The molecule has 0 bridgehead atoms. The number of alkyl halides is 1. The Hall–Kier alpha value is -0.880. The molecule has 0 radical (unpaired) electrons. The van der Waals surface area contributed by atoms with Crippen LogP contribution in [0, 0.1) is 6.92 Å². The van der Waals surface area contributed by atoms with E-state index in [0.717, 1.165) is 4.88 Å². The minimum Gasteiger partial charge on any atom is -0.462 e. The number of aryl methyl sites for hydroxylation is 1. The summed E-state index contributed by atoms with van der Waals surface area (Å²) >= 11 is 4.64. The molecular weight excluding hydrogens is 318 g/mol. The van der Waals surface area contributed by atoms with Gasteiger partial charge in [-0.3, -0.25) is 4.79 Å². The van der Waals surface area contributed by atoms with Crippen LogP contribution in [0.1, 0.15) is 36.0 Å². The fraction of sp³-hybridized carbons (Fsp3) is 0.500. The van der Waals surface area contributed by atoms with Crippen LogP contribution < -0.4 is 5.32 Å². The van der Waals surface area contributed by atoms with Gasteiger partial charge in [0.2, 0.25) is 5.91 Å². The Kier molecular flexibility index (Phi) is 4.92. The van der Waals surface area contributed by atoms with Crippen molar-refractivity contribution in [2.24, 2.45) is 0 Å². The highest BCUT2D eigenvalue weighted by atomic mass is 79.9. The number of thiophene rings is 1. The molecule has 0 fully saturated rings. The molecule has 18 heavy (non-hydrogen) atoms. The third-order valence-electron chi connectivity index (χ3n) is 2.12. The van der Waals surface area contributed by atoms with Crippen LogP contribution in [0.2, 0.25) is 0 Å². The molecule has 0 atom stereocenters. The van der Waals surface area contributed by atoms with E-state index < -0.39 is 10.3 Å². The average molecular weight is 334 g/mol. The first-order valence-corrected chi connectivity index (χ1v) is 7.14. The van der Waals surface area contributed by atoms with E-state index in [4.69, 9.17) is 4.74 Å². The highest BCUT2D eigenvalue weighted by Crippen LogP contribution is 2.30. The molecule has 1 amide bonds. The van der Waals surface area contributed by atoms with Gasteiger partial charge in [-0.2, -0.15) is 0 Å². The fourth-order valence-corrected chi connectivity index (χ4v) is 2.21. The molecule has 1 N–H and O–H groups in total. The third kappa shape index (κ3) is 3.81. The Balaban J connectivity index is 2.96. The van der Waals surface area contributed by atoms with E-state index in [2.05, 4.69) is 21.2 Å². The van der Waals surface area contributed by atoms with Crippen molar-refractivity contribution in [3.8, 4) is 0 Å². The molecule has 1 aromatic heterocycles. The van der Waals surface area contributed by atoms with Gasteiger partial charge in [0.15, 0.2) is 0 Å². The van der Waals surface area contributed by atoms with Crippen molar-refractivity contribution >= 4 is 44.1 Å². The lowest BCUT2D eigenvalue weighted by Gasteiger charge is -2.15. The lowest BCUT2D eigenvalue weighted by atomic mass is 10.2. The molecule has 0 spiro atoms. The molecule has 4 nitrogen and oxygen atoms in total. The van der Waals surface area contributed by atoms with Crippen molar-refractivity contribution in [2.45, 2.75) is 32.0 Å². The standard InChI is InChI=1S/C12H16BrNO3S/c1-5-17-10(15)8-6-7(2)18-9(8)14-11(16)12(3,4)13/h6H,5H2,1-4H3,(H,14,16). The maximum atomic E-state index is 11.9. The number of carbonyl (C=O) groups is 2. The molecule has 0 saturated carbocycles. The van der Waals surface area contributed by atoms with Crippen molar-refractivity contribution in [2.75, 3.05) is 11.9 Å².